The van der Waals surface area contributed by atoms with Gasteiger partial charge in [0, 0.05) is 18.2 Å². The largest absolute Gasteiger partial charge is 0.477 e. The van der Waals surface area contributed by atoms with Gasteiger partial charge < -0.3 is 15.2 Å². The molecule has 0 saturated carbocycles. The quantitative estimate of drug-likeness (QED) is 0.340. The summed E-state index contributed by atoms with van der Waals surface area (Å²) in [5.41, 5.74) is 7.91. The maximum Gasteiger partial charge on any atom is 0.352 e. The van der Waals surface area contributed by atoms with Crippen LogP contribution in [0.25, 0.3) is 0 Å². The van der Waals surface area contributed by atoms with Crippen LogP contribution in [0.4, 0.5) is 0 Å². The fourth-order valence-electron chi connectivity index (χ4n) is 3.14. The third kappa shape index (κ3) is 3.99. The van der Waals surface area contributed by atoms with E-state index >= 15 is 0 Å². The van der Waals surface area contributed by atoms with Crippen molar-refractivity contribution in [2.75, 3.05) is 12.4 Å². The Morgan fingerprint density at radius 3 is 2.66 bits per heavy atom. The highest BCUT2D eigenvalue weighted by Gasteiger charge is 2.54. The van der Waals surface area contributed by atoms with E-state index in [4.69, 9.17) is 10.3 Å². The average Bonchev–Trinajstić information content (AvgIpc) is 2.70. The molecule has 11 heteroatoms. The van der Waals surface area contributed by atoms with E-state index in [0.717, 1.165) is 4.90 Å². The number of aliphatic carboxylic acids is 1. The molecule has 0 aromatic heterocycles. The number of carboxylic acid groups (broad SMARTS) is 1. The topological polar surface area (TPSA) is 149 Å². The number of benzene rings is 1. The normalized spacial score (nSPS) is 21.6. The molecule has 0 spiro atoms. The first-order valence-electron chi connectivity index (χ1n) is 8.60. The molecule has 10 nitrogen and oxygen atoms in total. The van der Waals surface area contributed by atoms with Gasteiger partial charge in [0.05, 0.1) is 0 Å². The molecule has 0 aliphatic carbocycles. The lowest BCUT2D eigenvalue weighted by Crippen LogP contribution is -2.70. The highest BCUT2D eigenvalue weighted by atomic mass is 32.2. The summed E-state index contributed by atoms with van der Waals surface area (Å²) in [5.74, 6) is -2.82. The van der Waals surface area contributed by atoms with Crippen LogP contribution in [0.5, 0.6) is 0 Å². The Morgan fingerprint density at radius 1 is 1.38 bits per heavy atom. The second-order valence-electron chi connectivity index (χ2n) is 6.38. The number of amides is 2. The fraction of sp³-hybridized carbons (Fsp3) is 0.333. The van der Waals surface area contributed by atoms with Crippen molar-refractivity contribution in [2.24, 2.45) is 5.11 Å². The molecule has 3 N–H and O–H groups in total. The molecule has 2 aliphatic rings. The number of esters is 1. The van der Waals surface area contributed by atoms with E-state index in [9.17, 15) is 24.3 Å². The van der Waals surface area contributed by atoms with E-state index in [-0.39, 0.29) is 18.1 Å². The first-order valence-corrected chi connectivity index (χ1v) is 9.65. The Balaban J connectivity index is 1.75. The average molecular weight is 418 g/mol. The lowest BCUT2D eigenvalue weighted by molar-refractivity contribution is -0.151. The Hall–Kier alpha value is -3.21. The molecule has 1 aromatic rings. The smallest absolute Gasteiger partial charge is 0.352 e. The van der Waals surface area contributed by atoms with Gasteiger partial charge in [0.2, 0.25) is 0 Å². The van der Waals surface area contributed by atoms with Gasteiger partial charge in [0.25, 0.3) is 11.8 Å². The lowest BCUT2D eigenvalue weighted by atomic mass is 10.0. The first kappa shape index (κ1) is 20.5. The van der Waals surface area contributed by atoms with Crippen LogP contribution in [0.2, 0.25) is 0 Å². The minimum Gasteiger partial charge on any atom is -0.477 e. The summed E-state index contributed by atoms with van der Waals surface area (Å²) in [6.45, 7) is 0.992. The molecule has 2 aliphatic heterocycles. The van der Waals surface area contributed by atoms with E-state index in [2.05, 4.69) is 10.4 Å². The minimum atomic E-state index is -1.31. The molecular formula is C18H18N4O6S. The highest BCUT2D eigenvalue weighted by Crippen LogP contribution is 2.40. The van der Waals surface area contributed by atoms with Crippen molar-refractivity contribution >= 4 is 35.5 Å². The molecule has 0 radical (unpaired) electrons. The predicted molar refractivity (Wildman–Crippen MR) is 101 cm³/mol. The number of carbonyl (C=O) groups excluding carboxylic acids is 3. The Bertz CT molecular complexity index is 903. The molecule has 3 rings (SSSR count). The van der Waals surface area contributed by atoms with Gasteiger partial charge in [-0.1, -0.05) is 30.3 Å². The van der Waals surface area contributed by atoms with Crippen LogP contribution in [0.3, 0.4) is 0 Å². The summed E-state index contributed by atoms with van der Waals surface area (Å²) in [5, 5.41) is 14.9. The Morgan fingerprint density at radius 2 is 2.07 bits per heavy atom. The number of hydrogen-bond acceptors (Lipinski definition) is 8. The lowest BCUT2D eigenvalue weighted by Gasteiger charge is -2.49. The second-order valence-corrected chi connectivity index (χ2v) is 7.48. The molecule has 152 valence electrons. The number of β-lactam (4-membered cyclic amide) rings is 1. The number of hydrogen-bond donors (Lipinski definition) is 3. The number of carbonyl (C=O) groups is 4. The summed E-state index contributed by atoms with van der Waals surface area (Å²) in [7, 11) is 0. The van der Waals surface area contributed by atoms with Crippen LogP contribution >= 0.6 is 11.8 Å². The molecule has 1 saturated heterocycles. The van der Waals surface area contributed by atoms with Crippen LogP contribution in [0, 0.1) is 5.53 Å². The third-order valence-electron chi connectivity index (χ3n) is 4.49. The van der Waals surface area contributed by atoms with Gasteiger partial charge in [-0.15, -0.1) is 11.8 Å². The zero-order valence-corrected chi connectivity index (χ0v) is 16.1. The van der Waals surface area contributed by atoms with E-state index in [0.29, 0.717) is 11.1 Å². The SMILES string of the molecule is CC(=O)OCC1=C(C(=O)O)N2C(=O)[C@@H](NC(=O)C(N=N)c3ccccc3)[C@H]2SC1. The number of fused-ring (bicyclic) bond motifs is 1. The zero-order valence-electron chi connectivity index (χ0n) is 15.3. The molecule has 0 bridgehead atoms. The molecule has 1 aromatic carbocycles. The summed E-state index contributed by atoms with van der Waals surface area (Å²) in [6, 6.07) is 6.47. The molecular weight excluding hydrogens is 400 g/mol. The first-order chi connectivity index (χ1) is 13.8. The van der Waals surface area contributed by atoms with E-state index < -0.39 is 41.2 Å². The molecule has 29 heavy (non-hydrogen) atoms. The maximum absolute atomic E-state index is 12.6. The van der Waals surface area contributed by atoms with Crippen molar-refractivity contribution in [2.45, 2.75) is 24.4 Å². The van der Waals surface area contributed by atoms with Gasteiger partial charge in [-0.2, -0.15) is 5.11 Å². The Kier molecular flexibility index (Phi) is 5.97. The zero-order chi connectivity index (χ0) is 21.1. The van der Waals surface area contributed by atoms with Crippen LogP contribution in [-0.2, 0) is 23.9 Å². The number of nitrogens with one attached hydrogen (secondary N) is 2. The highest BCUT2D eigenvalue weighted by molar-refractivity contribution is 8.00. The van der Waals surface area contributed by atoms with Gasteiger partial charge in [-0.05, 0) is 5.56 Å². The summed E-state index contributed by atoms with van der Waals surface area (Å²) in [6.07, 6.45) is 0. The van der Waals surface area contributed by atoms with Crippen LogP contribution in [0.1, 0.15) is 18.5 Å². The van der Waals surface area contributed by atoms with Crippen molar-refractivity contribution in [3.8, 4) is 0 Å². The third-order valence-corrected chi connectivity index (χ3v) is 5.83. The van der Waals surface area contributed by atoms with Crippen LogP contribution < -0.4 is 5.32 Å². The fourth-order valence-corrected chi connectivity index (χ4v) is 4.46. The van der Waals surface area contributed by atoms with E-state index in [1.54, 1.807) is 30.3 Å². The van der Waals surface area contributed by atoms with Crippen LogP contribution in [0.15, 0.2) is 46.7 Å². The Labute approximate surface area is 169 Å². The van der Waals surface area contributed by atoms with Gasteiger partial charge in [0.15, 0.2) is 6.04 Å². The number of nitrogens with zero attached hydrogens (tertiary/aromatic N) is 2. The van der Waals surface area contributed by atoms with Gasteiger partial charge in [-0.3, -0.25) is 19.3 Å². The van der Waals surface area contributed by atoms with Crippen molar-refractivity contribution in [1.82, 2.24) is 10.2 Å². The van der Waals surface area contributed by atoms with Crippen molar-refractivity contribution in [3.63, 3.8) is 0 Å². The number of ether oxygens (including phenoxy) is 1. The molecule has 2 heterocycles. The standard InChI is InChI=1S/C18H18N4O6S/c1-9(23)28-7-11-8-29-17-13(16(25)22(17)14(11)18(26)27)20-15(24)12(21-19)10-5-3-2-4-6-10/h2-6,12-13,17,19H,7-8H2,1H3,(H,20,24)(H,26,27)/t12?,13-,17-/m1/s1. The summed E-state index contributed by atoms with van der Waals surface area (Å²) >= 11 is 1.26. The van der Waals surface area contributed by atoms with Crippen molar-refractivity contribution in [1.29, 1.82) is 5.53 Å². The number of carboxylic acids is 1. The molecule has 1 unspecified atom stereocenters. The van der Waals surface area contributed by atoms with Gasteiger partial charge in [-0.25, -0.2) is 10.3 Å². The molecule has 2 amide bonds. The maximum atomic E-state index is 12.6. The van der Waals surface area contributed by atoms with E-state index in [1.165, 1.54) is 18.7 Å². The summed E-state index contributed by atoms with van der Waals surface area (Å²) in [4.78, 5) is 49.0. The van der Waals surface area contributed by atoms with Crippen molar-refractivity contribution < 1.29 is 29.0 Å². The monoisotopic (exact) mass is 418 g/mol. The van der Waals surface area contributed by atoms with Crippen LogP contribution in [-0.4, -0.2) is 57.5 Å². The predicted octanol–water partition coefficient (Wildman–Crippen LogP) is 1.06. The van der Waals surface area contributed by atoms with Crippen molar-refractivity contribution in [3.05, 3.63) is 47.2 Å². The number of rotatable bonds is 7. The molecule has 1 fully saturated rings. The number of thioether (sulfide) groups is 1. The second kappa shape index (κ2) is 8.43. The molecule has 3 atom stereocenters. The van der Waals surface area contributed by atoms with Gasteiger partial charge in [0.1, 0.15) is 23.7 Å². The summed E-state index contributed by atoms with van der Waals surface area (Å²) < 4.78 is 4.88. The minimum absolute atomic E-state index is 0.217. The van der Waals surface area contributed by atoms with E-state index in [1.807, 2.05) is 0 Å². The van der Waals surface area contributed by atoms with Gasteiger partial charge >= 0.3 is 11.9 Å².